The molecule has 1 fully saturated rings. The van der Waals surface area contributed by atoms with Gasteiger partial charge in [0.2, 0.25) is 5.91 Å². The van der Waals surface area contributed by atoms with Crippen molar-refractivity contribution >= 4 is 17.5 Å². The SMILES string of the molecule is NC(=O)[C@H]1NCC[C@H]1[CH]c1ccc(F)c(Cl)c1. The summed E-state index contributed by atoms with van der Waals surface area (Å²) in [7, 11) is 0. The van der Waals surface area contributed by atoms with E-state index in [2.05, 4.69) is 5.32 Å². The van der Waals surface area contributed by atoms with Gasteiger partial charge in [-0.2, -0.15) is 0 Å². The molecule has 1 aliphatic heterocycles. The van der Waals surface area contributed by atoms with Crippen LogP contribution in [0.25, 0.3) is 0 Å². The Morgan fingerprint density at radius 3 is 3.00 bits per heavy atom. The average Bonchev–Trinajstić information content (AvgIpc) is 2.72. The highest BCUT2D eigenvalue weighted by Crippen LogP contribution is 2.25. The molecule has 1 heterocycles. The number of rotatable bonds is 3. The quantitative estimate of drug-likeness (QED) is 0.860. The van der Waals surface area contributed by atoms with Crippen LogP contribution in [0.2, 0.25) is 5.02 Å². The lowest BCUT2D eigenvalue weighted by Crippen LogP contribution is -2.40. The highest BCUT2D eigenvalue weighted by atomic mass is 35.5. The normalized spacial score (nSPS) is 23.9. The fourth-order valence-electron chi connectivity index (χ4n) is 2.08. The van der Waals surface area contributed by atoms with Crippen LogP contribution in [-0.4, -0.2) is 18.5 Å². The maximum absolute atomic E-state index is 13.0. The molecule has 1 aromatic carbocycles. The minimum absolute atomic E-state index is 0.0361. The van der Waals surface area contributed by atoms with Gasteiger partial charge < -0.3 is 11.1 Å². The summed E-state index contributed by atoms with van der Waals surface area (Å²) in [6, 6.07) is 4.15. The first-order chi connectivity index (χ1) is 8.08. The molecule has 0 aliphatic carbocycles. The van der Waals surface area contributed by atoms with Gasteiger partial charge in [0.25, 0.3) is 0 Å². The third-order valence-corrected chi connectivity index (χ3v) is 3.22. The van der Waals surface area contributed by atoms with Crippen molar-refractivity contribution in [2.24, 2.45) is 11.7 Å². The Bertz CT molecular complexity index is 439. The third-order valence-electron chi connectivity index (χ3n) is 2.93. The Morgan fingerprint density at radius 1 is 1.59 bits per heavy atom. The molecule has 0 spiro atoms. The minimum Gasteiger partial charge on any atom is -0.368 e. The van der Waals surface area contributed by atoms with Crippen LogP contribution in [0, 0.1) is 18.2 Å². The van der Waals surface area contributed by atoms with E-state index in [0.717, 1.165) is 18.5 Å². The van der Waals surface area contributed by atoms with Crippen LogP contribution < -0.4 is 11.1 Å². The number of benzene rings is 1. The van der Waals surface area contributed by atoms with Gasteiger partial charge in [0, 0.05) is 0 Å². The van der Waals surface area contributed by atoms with Crippen LogP contribution in [-0.2, 0) is 4.79 Å². The largest absolute Gasteiger partial charge is 0.368 e. The molecule has 3 N–H and O–H groups in total. The number of primary amides is 1. The van der Waals surface area contributed by atoms with Gasteiger partial charge in [0.1, 0.15) is 5.82 Å². The van der Waals surface area contributed by atoms with Crippen molar-refractivity contribution in [3.8, 4) is 0 Å². The van der Waals surface area contributed by atoms with Crippen LogP contribution in [0.1, 0.15) is 12.0 Å². The van der Waals surface area contributed by atoms with Crippen molar-refractivity contribution in [1.29, 1.82) is 0 Å². The molecule has 5 heteroatoms. The van der Waals surface area contributed by atoms with Crippen molar-refractivity contribution in [3.63, 3.8) is 0 Å². The Labute approximate surface area is 104 Å². The highest BCUT2D eigenvalue weighted by Gasteiger charge is 2.31. The molecule has 17 heavy (non-hydrogen) atoms. The van der Waals surface area contributed by atoms with E-state index in [1.807, 2.05) is 6.42 Å². The van der Waals surface area contributed by atoms with E-state index < -0.39 is 5.82 Å². The average molecular weight is 256 g/mol. The second-order valence-corrected chi connectivity index (χ2v) is 4.53. The fraction of sp³-hybridized carbons (Fsp3) is 0.333. The second-order valence-electron chi connectivity index (χ2n) is 4.13. The number of hydrogen-bond donors (Lipinski definition) is 2. The zero-order valence-electron chi connectivity index (χ0n) is 9.12. The summed E-state index contributed by atoms with van der Waals surface area (Å²) in [6.07, 6.45) is 2.74. The Balaban J connectivity index is 2.09. The monoisotopic (exact) mass is 255 g/mol. The molecule has 91 valence electrons. The summed E-state index contributed by atoms with van der Waals surface area (Å²) in [5.74, 6) is -0.772. The summed E-state index contributed by atoms with van der Waals surface area (Å²) in [5.41, 5.74) is 6.09. The lowest BCUT2D eigenvalue weighted by Gasteiger charge is -2.16. The number of hydrogen-bond acceptors (Lipinski definition) is 2. The van der Waals surface area contributed by atoms with E-state index in [-0.39, 0.29) is 22.9 Å². The molecule has 2 atom stereocenters. The molecule has 2 rings (SSSR count). The predicted molar refractivity (Wildman–Crippen MR) is 63.9 cm³/mol. The van der Waals surface area contributed by atoms with Crippen molar-refractivity contribution in [3.05, 3.63) is 41.0 Å². The zero-order chi connectivity index (χ0) is 12.4. The second kappa shape index (κ2) is 5.02. The van der Waals surface area contributed by atoms with E-state index in [4.69, 9.17) is 17.3 Å². The molecular formula is C12H13ClFN2O. The lowest BCUT2D eigenvalue weighted by atomic mass is 9.92. The van der Waals surface area contributed by atoms with Gasteiger partial charge in [0.15, 0.2) is 0 Å². The number of amides is 1. The van der Waals surface area contributed by atoms with Gasteiger partial charge in [-0.15, -0.1) is 0 Å². The molecule has 1 radical (unpaired) electrons. The first-order valence-electron chi connectivity index (χ1n) is 5.40. The first-order valence-corrected chi connectivity index (χ1v) is 5.78. The van der Waals surface area contributed by atoms with Crippen LogP contribution in [0.3, 0.4) is 0 Å². The lowest BCUT2D eigenvalue weighted by molar-refractivity contribution is -0.120. The standard InChI is InChI=1S/C12H13ClFN2O/c13-9-6-7(1-2-10(9)14)5-8-3-4-16-11(8)12(15)17/h1-2,5-6,8,11,16H,3-4H2,(H2,15,17)/t8-,11-/m0/s1. The Hall–Kier alpha value is -1.13. The number of halogens is 2. The van der Waals surface area contributed by atoms with Gasteiger partial charge in [0.05, 0.1) is 11.1 Å². The van der Waals surface area contributed by atoms with Crippen LogP contribution in [0.5, 0.6) is 0 Å². The molecule has 0 unspecified atom stereocenters. The van der Waals surface area contributed by atoms with E-state index in [9.17, 15) is 9.18 Å². The van der Waals surface area contributed by atoms with Gasteiger partial charge >= 0.3 is 0 Å². The summed E-state index contributed by atoms with van der Waals surface area (Å²) in [6.45, 7) is 0.754. The topological polar surface area (TPSA) is 55.1 Å². The Morgan fingerprint density at radius 2 is 2.35 bits per heavy atom. The molecule has 0 saturated carbocycles. The van der Waals surface area contributed by atoms with E-state index in [1.165, 1.54) is 6.07 Å². The van der Waals surface area contributed by atoms with Crippen molar-refractivity contribution in [1.82, 2.24) is 5.32 Å². The van der Waals surface area contributed by atoms with Crippen molar-refractivity contribution in [2.75, 3.05) is 6.54 Å². The summed E-state index contributed by atoms with van der Waals surface area (Å²) in [5, 5.41) is 3.12. The van der Waals surface area contributed by atoms with Crippen LogP contribution in [0.4, 0.5) is 4.39 Å². The molecule has 1 aromatic rings. The predicted octanol–water partition coefficient (Wildman–Crippen LogP) is 1.49. The number of nitrogens with two attached hydrogens (primary N) is 1. The number of nitrogens with one attached hydrogen (secondary N) is 1. The van der Waals surface area contributed by atoms with Crippen molar-refractivity contribution in [2.45, 2.75) is 12.5 Å². The van der Waals surface area contributed by atoms with Gasteiger partial charge in [-0.1, -0.05) is 17.7 Å². The maximum Gasteiger partial charge on any atom is 0.234 e. The maximum atomic E-state index is 13.0. The van der Waals surface area contributed by atoms with Crippen LogP contribution >= 0.6 is 11.6 Å². The highest BCUT2D eigenvalue weighted by molar-refractivity contribution is 6.30. The van der Waals surface area contributed by atoms with E-state index >= 15 is 0 Å². The molecule has 1 amide bonds. The molecule has 1 aliphatic rings. The fourth-order valence-corrected chi connectivity index (χ4v) is 2.27. The Kier molecular flexibility index (Phi) is 3.64. The molecule has 3 nitrogen and oxygen atoms in total. The van der Waals surface area contributed by atoms with E-state index in [0.29, 0.717) is 0 Å². The zero-order valence-corrected chi connectivity index (χ0v) is 9.88. The van der Waals surface area contributed by atoms with Crippen molar-refractivity contribution < 1.29 is 9.18 Å². The number of carbonyl (C=O) groups excluding carboxylic acids is 1. The van der Waals surface area contributed by atoms with Crippen LogP contribution in [0.15, 0.2) is 18.2 Å². The van der Waals surface area contributed by atoms with E-state index in [1.54, 1.807) is 12.1 Å². The summed E-state index contributed by atoms with van der Waals surface area (Å²) in [4.78, 5) is 11.2. The molecule has 1 saturated heterocycles. The first kappa shape index (κ1) is 12.3. The third kappa shape index (κ3) is 2.76. The minimum atomic E-state index is -0.445. The van der Waals surface area contributed by atoms with Gasteiger partial charge in [-0.3, -0.25) is 4.79 Å². The molecular weight excluding hydrogens is 243 g/mol. The summed E-state index contributed by atoms with van der Waals surface area (Å²) >= 11 is 5.70. The van der Waals surface area contributed by atoms with Gasteiger partial charge in [-0.25, -0.2) is 4.39 Å². The molecule has 0 bridgehead atoms. The molecule has 0 aromatic heterocycles. The number of carbonyl (C=O) groups is 1. The van der Waals surface area contributed by atoms with Gasteiger partial charge in [-0.05, 0) is 43.0 Å². The smallest absolute Gasteiger partial charge is 0.234 e. The summed E-state index contributed by atoms with van der Waals surface area (Å²) < 4.78 is 13.0.